The lowest BCUT2D eigenvalue weighted by Crippen LogP contribution is -2.02. The van der Waals surface area contributed by atoms with Crippen LogP contribution in [0.25, 0.3) is 5.69 Å². The number of hydrogen-bond donors (Lipinski definition) is 1. The molecule has 0 bridgehead atoms. The lowest BCUT2D eigenvalue weighted by Gasteiger charge is -2.12. The van der Waals surface area contributed by atoms with Gasteiger partial charge in [0.15, 0.2) is 0 Å². The Morgan fingerprint density at radius 1 is 1.05 bits per heavy atom. The Morgan fingerprint density at radius 2 is 1.85 bits per heavy atom. The SMILES string of the molecule is Cc1cccc(-n2ccnc2Nc2ccccc2)c1Br. The van der Waals surface area contributed by atoms with Crippen LogP contribution in [0.1, 0.15) is 5.56 Å². The molecule has 3 rings (SSSR count). The van der Waals surface area contributed by atoms with E-state index in [2.05, 4.69) is 45.3 Å². The normalized spacial score (nSPS) is 10.5. The molecule has 0 spiro atoms. The van der Waals surface area contributed by atoms with Crippen molar-refractivity contribution >= 4 is 27.6 Å². The van der Waals surface area contributed by atoms with Crippen LogP contribution in [0.4, 0.5) is 11.6 Å². The highest BCUT2D eigenvalue weighted by Crippen LogP contribution is 2.27. The topological polar surface area (TPSA) is 29.9 Å². The summed E-state index contributed by atoms with van der Waals surface area (Å²) in [7, 11) is 0. The first-order valence-electron chi connectivity index (χ1n) is 6.36. The summed E-state index contributed by atoms with van der Waals surface area (Å²) in [5.41, 5.74) is 3.28. The van der Waals surface area contributed by atoms with Crippen LogP contribution in [0, 0.1) is 6.92 Å². The number of benzene rings is 2. The molecular weight excluding hydrogens is 314 g/mol. The second kappa shape index (κ2) is 5.51. The first-order valence-corrected chi connectivity index (χ1v) is 7.16. The van der Waals surface area contributed by atoms with E-state index in [-0.39, 0.29) is 0 Å². The van der Waals surface area contributed by atoms with Crippen LogP contribution >= 0.6 is 15.9 Å². The molecule has 3 aromatic rings. The molecule has 100 valence electrons. The standard InChI is InChI=1S/C16H14BrN3/c1-12-6-5-9-14(15(12)17)20-11-10-18-16(20)19-13-7-3-2-4-8-13/h2-11H,1H3,(H,18,19). The molecule has 0 saturated carbocycles. The van der Waals surface area contributed by atoms with Crippen molar-refractivity contribution in [3.8, 4) is 5.69 Å². The van der Waals surface area contributed by atoms with E-state index in [4.69, 9.17) is 0 Å². The Labute approximate surface area is 126 Å². The van der Waals surface area contributed by atoms with Crippen LogP contribution in [0.2, 0.25) is 0 Å². The predicted molar refractivity (Wildman–Crippen MR) is 85.7 cm³/mol. The summed E-state index contributed by atoms with van der Waals surface area (Å²) < 4.78 is 3.11. The molecule has 0 amide bonds. The molecule has 0 aliphatic carbocycles. The summed E-state index contributed by atoms with van der Waals surface area (Å²) >= 11 is 3.64. The first kappa shape index (κ1) is 12.9. The van der Waals surface area contributed by atoms with Gasteiger partial charge in [-0.25, -0.2) is 4.98 Å². The quantitative estimate of drug-likeness (QED) is 0.756. The number of anilines is 2. The molecule has 1 N–H and O–H groups in total. The minimum Gasteiger partial charge on any atom is -0.325 e. The van der Waals surface area contributed by atoms with E-state index in [0.29, 0.717) is 0 Å². The van der Waals surface area contributed by atoms with E-state index < -0.39 is 0 Å². The first-order chi connectivity index (χ1) is 9.75. The maximum Gasteiger partial charge on any atom is 0.212 e. The molecule has 2 aromatic carbocycles. The number of nitrogens with one attached hydrogen (secondary N) is 1. The van der Waals surface area contributed by atoms with Gasteiger partial charge in [-0.15, -0.1) is 0 Å². The van der Waals surface area contributed by atoms with Crippen LogP contribution in [0.15, 0.2) is 65.4 Å². The second-order valence-corrected chi connectivity index (χ2v) is 5.31. The molecule has 1 aromatic heterocycles. The molecule has 0 fully saturated rings. The van der Waals surface area contributed by atoms with Gasteiger partial charge in [0.2, 0.25) is 5.95 Å². The summed E-state index contributed by atoms with van der Waals surface area (Å²) in [5.74, 6) is 0.794. The number of rotatable bonds is 3. The molecule has 0 unspecified atom stereocenters. The van der Waals surface area contributed by atoms with Crippen molar-refractivity contribution < 1.29 is 0 Å². The highest BCUT2D eigenvalue weighted by Gasteiger charge is 2.09. The Bertz CT molecular complexity index is 720. The van der Waals surface area contributed by atoms with Gasteiger partial charge in [-0.05, 0) is 46.6 Å². The average Bonchev–Trinajstić information content (AvgIpc) is 2.91. The van der Waals surface area contributed by atoms with Crippen molar-refractivity contribution in [3.05, 3.63) is 71.0 Å². The van der Waals surface area contributed by atoms with Gasteiger partial charge in [0.05, 0.1) is 5.69 Å². The molecule has 0 aliphatic heterocycles. The minimum absolute atomic E-state index is 0.794. The van der Waals surface area contributed by atoms with Gasteiger partial charge >= 0.3 is 0 Å². The van der Waals surface area contributed by atoms with Crippen LogP contribution < -0.4 is 5.32 Å². The Kier molecular flexibility index (Phi) is 3.56. The lowest BCUT2D eigenvalue weighted by molar-refractivity contribution is 1.05. The molecule has 4 heteroatoms. The Hall–Kier alpha value is -2.07. The maximum atomic E-state index is 4.39. The van der Waals surface area contributed by atoms with Crippen LogP contribution in [0.3, 0.4) is 0 Å². The predicted octanol–water partition coefficient (Wildman–Crippen LogP) is 4.69. The van der Waals surface area contributed by atoms with Crippen molar-refractivity contribution in [2.75, 3.05) is 5.32 Å². The fourth-order valence-electron chi connectivity index (χ4n) is 2.06. The van der Waals surface area contributed by atoms with Gasteiger partial charge in [0.25, 0.3) is 0 Å². The largest absolute Gasteiger partial charge is 0.325 e. The van der Waals surface area contributed by atoms with Gasteiger partial charge < -0.3 is 5.32 Å². The van der Waals surface area contributed by atoms with E-state index in [9.17, 15) is 0 Å². The molecule has 0 radical (unpaired) electrons. The van der Waals surface area contributed by atoms with Crippen molar-refractivity contribution in [1.29, 1.82) is 0 Å². The number of imidazole rings is 1. The average molecular weight is 328 g/mol. The van der Waals surface area contributed by atoms with Crippen molar-refractivity contribution in [2.24, 2.45) is 0 Å². The van der Waals surface area contributed by atoms with Gasteiger partial charge in [-0.3, -0.25) is 4.57 Å². The molecule has 3 nitrogen and oxygen atoms in total. The summed E-state index contributed by atoms with van der Waals surface area (Å²) in [5, 5.41) is 3.33. The molecule has 0 atom stereocenters. The Balaban J connectivity index is 2.00. The van der Waals surface area contributed by atoms with E-state index in [1.165, 1.54) is 5.56 Å². The van der Waals surface area contributed by atoms with Crippen LogP contribution in [0.5, 0.6) is 0 Å². The maximum absolute atomic E-state index is 4.39. The minimum atomic E-state index is 0.794. The highest BCUT2D eigenvalue weighted by atomic mass is 79.9. The number of halogens is 1. The van der Waals surface area contributed by atoms with Crippen LogP contribution in [-0.4, -0.2) is 9.55 Å². The summed E-state index contributed by atoms with van der Waals surface area (Å²) in [6, 6.07) is 16.2. The summed E-state index contributed by atoms with van der Waals surface area (Å²) in [6.45, 7) is 2.08. The van der Waals surface area contributed by atoms with Crippen molar-refractivity contribution in [1.82, 2.24) is 9.55 Å². The fraction of sp³-hybridized carbons (Fsp3) is 0.0625. The number of nitrogens with zero attached hydrogens (tertiary/aromatic N) is 2. The Morgan fingerprint density at radius 3 is 2.65 bits per heavy atom. The number of hydrogen-bond acceptors (Lipinski definition) is 2. The van der Waals surface area contributed by atoms with Gasteiger partial charge in [-0.1, -0.05) is 30.3 Å². The van der Waals surface area contributed by atoms with Crippen molar-refractivity contribution in [2.45, 2.75) is 6.92 Å². The summed E-state index contributed by atoms with van der Waals surface area (Å²) in [4.78, 5) is 4.39. The van der Waals surface area contributed by atoms with Crippen LogP contribution in [-0.2, 0) is 0 Å². The van der Waals surface area contributed by atoms with E-state index in [1.807, 2.05) is 47.2 Å². The zero-order valence-electron chi connectivity index (χ0n) is 11.0. The van der Waals surface area contributed by atoms with Gasteiger partial charge in [-0.2, -0.15) is 0 Å². The van der Waals surface area contributed by atoms with Gasteiger partial charge in [0, 0.05) is 22.6 Å². The zero-order chi connectivity index (χ0) is 13.9. The zero-order valence-corrected chi connectivity index (χ0v) is 12.6. The summed E-state index contributed by atoms with van der Waals surface area (Å²) in [6.07, 6.45) is 3.74. The smallest absolute Gasteiger partial charge is 0.212 e. The van der Waals surface area contributed by atoms with E-state index in [0.717, 1.165) is 21.8 Å². The molecular formula is C16H14BrN3. The molecule has 0 aliphatic rings. The van der Waals surface area contributed by atoms with Gasteiger partial charge in [0.1, 0.15) is 0 Å². The third kappa shape index (κ3) is 2.47. The molecule has 20 heavy (non-hydrogen) atoms. The molecule has 0 saturated heterocycles. The second-order valence-electron chi connectivity index (χ2n) is 4.52. The molecule has 1 heterocycles. The third-order valence-corrected chi connectivity index (χ3v) is 4.13. The fourth-order valence-corrected chi connectivity index (χ4v) is 2.51. The van der Waals surface area contributed by atoms with Crippen molar-refractivity contribution in [3.63, 3.8) is 0 Å². The van der Waals surface area contributed by atoms with E-state index >= 15 is 0 Å². The number of para-hydroxylation sites is 1. The number of aromatic nitrogens is 2. The number of aryl methyl sites for hydroxylation is 1. The van der Waals surface area contributed by atoms with E-state index in [1.54, 1.807) is 6.20 Å². The monoisotopic (exact) mass is 327 g/mol. The lowest BCUT2D eigenvalue weighted by atomic mass is 10.2. The highest BCUT2D eigenvalue weighted by molar-refractivity contribution is 9.10. The third-order valence-electron chi connectivity index (χ3n) is 3.10.